The lowest BCUT2D eigenvalue weighted by atomic mass is 10.2. The Balaban J connectivity index is 2.51. The van der Waals surface area contributed by atoms with Crippen molar-refractivity contribution in [1.29, 1.82) is 0 Å². The first kappa shape index (κ1) is 12.1. The van der Waals surface area contributed by atoms with E-state index >= 15 is 0 Å². The predicted molar refractivity (Wildman–Crippen MR) is 54.1 cm³/mol. The van der Waals surface area contributed by atoms with Crippen molar-refractivity contribution < 1.29 is 17.9 Å². The lowest BCUT2D eigenvalue weighted by molar-refractivity contribution is -0.132. The highest BCUT2D eigenvalue weighted by molar-refractivity contribution is 9.10. The van der Waals surface area contributed by atoms with Crippen molar-refractivity contribution >= 4 is 15.9 Å². The van der Waals surface area contributed by atoms with Crippen LogP contribution in [0.15, 0.2) is 41.1 Å². The summed E-state index contributed by atoms with van der Waals surface area (Å²) in [6.07, 6.45) is -4.49. The summed E-state index contributed by atoms with van der Waals surface area (Å²) in [6.45, 7) is 2.67. The Bertz CT molecular complexity index is 343. The highest BCUT2D eigenvalue weighted by atomic mass is 79.9. The smallest absolute Gasteiger partial charge is 0.448 e. The SMILES string of the molecule is C=C(OCc1ccc(Br)cc1)C(F)(F)F. The van der Waals surface area contributed by atoms with E-state index < -0.39 is 11.9 Å². The van der Waals surface area contributed by atoms with Crippen LogP contribution in [0.3, 0.4) is 0 Å². The van der Waals surface area contributed by atoms with Gasteiger partial charge in [0.25, 0.3) is 0 Å². The Morgan fingerprint density at radius 3 is 2.27 bits per heavy atom. The van der Waals surface area contributed by atoms with Crippen LogP contribution >= 0.6 is 15.9 Å². The molecule has 0 N–H and O–H groups in total. The molecule has 0 aromatic heterocycles. The fourth-order valence-corrected chi connectivity index (χ4v) is 1.10. The van der Waals surface area contributed by atoms with Crippen molar-refractivity contribution in [3.05, 3.63) is 46.6 Å². The van der Waals surface area contributed by atoms with Crippen LogP contribution in [0.25, 0.3) is 0 Å². The maximum atomic E-state index is 12.0. The molecule has 0 bridgehead atoms. The van der Waals surface area contributed by atoms with Gasteiger partial charge in [0.15, 0.2) is 5.76 Å². The molecule has 0 radical (unpaired) electrons. The van der Waals surface area contributed by atoms with Gasteiger partial charge in [-0.1, -0.05) is 34.6 Å². The molecule has 1 nitrogen and oxygen atoms in total. The normalized spacial score (nSPS) is 11.2. The quantitative estimate of drug-likeness (QED) is 0.760. The molecule has 1 aromatic rings. The molecule has 0 aliphatic rings. The zero-order valence-corrected chi connectivity index (χ0v) is 9.23. The van der Waals surface area contributed by atoms with Crippen molar-refractivity contribution in [3.63, 3.8) is 0 Å². The molecule has 5 heteroatoms. The third-order valence-electron chi connectivity index (χ3n) is 1.64. The zero-order valence-electron chi connectivity index (χ0n) is 7.64. The van der Waals surface area contributed by atoms with Crippen LogP contribution in [-0.4, -0.2) is 6.18 Å². The summed E-state index contributed by atoms with van der Waals surface area (Å²) in [5.41, 5.74) is 0.656. The third kappa shape index (κ3) is 3.95. The van der Waals surface area contributed by atoms with Crippen LogP contribution in [0.4, 0.5) is 13.2 Å². The van der Waals surface area contributed by atoms with Crippen molar-refractivity contribution in [2.45, 2.75) is 12.8 Å². The zero-order chi connectivity index (χ0) is 11.5. The van der Waals surface area contributed by atoms with Crippen LogP contribution < -0.4 is 0 Å². The van der Waals surface area contributed by atoms with Crippen LogP contribution in [0.5, 0.6) is 0 Å². The Labute approximate surface area is 93.7 Å². The summed E-state index contributed by atoms with van der Waals surface area (Å²) >= 11 is 3.22. The summed E-state index contributed by atoms with van der Waals surface area (Å²) in [5.74, 6) is -1.18. The number of allylic oxidation sites excluding steroid dienone is 1. The number of hydrogen-bond acceptors (Lipinski definition) is 1. The Morgan fingerprint density at radius 1 is 1.27 bits per heavy atom. The number of hydrogen-bond donors (Lipinski definition) is 0. The second kappa shape index (κ2) is 4.70. The van der Waals surface area contributed by atoms with Gasteiger partial charge in [0.1, 0.15) is 6.61 Å². The van der Waals surface area contributed by atoms with Crippen LogP contribution in [0, 0.1) is 0 Å². The first-order valence-corrected chi connectivity index (χ1v) is 4.82. The molecule has 0 saturated carbocycles. The molecule has 0 fully saturated rings. The Morgan fingerprint density at radius 2 is 1.80 bits per heavy atom. The maximum Gasteiger partial charge on any atom is 0.448 e. The summed E-state index contributed by atoms with van der Waals surface area (Å²) in [7, 11) is 0. The van der Waals surface area contributed by atoms with Crippen molar-refractivity contribution in [2.75, 3.05) is 0 Å². The van der Waals surface area contributed by atoms with Gasteiger partial charge in [0.2, 0.25) is 0 Å². The van der Waals surface area contributed by atoms with E-state index in [2.05, 4.69) is 27.2 Å². The molecule has 0 saturated heterocycles. The third-order valence-corrected chi connectivity index (χ3v) is 2.17. The van der Waals surface area contributed by atoms with E-state index in [-0.39, 0.29) is 6.61 Å². The molecule has 0 unspecified atom stereocenters. The van der Waals surface area contributed by atoms with E-state index in [0.29, 0.717) is 5.56 Å². The molecule has 82 valence electrons. The average Bonchev–Trinajstić information content (AvgIpc) is 2.15. The highest BCUT2D eigenvalue weighted by Gasteiger charge is 2.33. The largest absolute Gasteiger partial charge is 0.485 e. The Kier molecular flexibility index (Phi) is 3.79. The number of rotatable bonds is 3. The van der Waals surface area contributed by atoms with Gasteiger partial charge in [-0.2, -0.15) is 13.2 Å². The van der Waals surface area contributed by atoms with Crippen LogP contribution in [0.2, 0.25) is 0 Å². The lowest BCUT2D eigenvalue weighted by Crippen LogP contribution is -2.13. The van der Waals surface area contributed by atoms with Gasteiger partial charge in [-0.25, -0.2) is 0 Å². The van der Waals surface area contributed by atoms with Gasteiger partial charge in [-0.05, 0) is 17.7 Å². The van der Waals surface area contributed by atoms with Gasteiger partial charge in [0, 0.05) is 4.47 Å². The highest BCUT2D eigenvalue weighted by Crippen LogP contribution is 2.25. The van der Waals surface area contributed by atoms with E-state index in [4.69, 9.17) is 0 Å². The molecule has 0 heterocycles. The van der Waals surface area contributed by atoms with E-state index in [1.54, 1.807) is 24.3 Å². The number of benzene rings is 1. The van der Waals surface area contributed by atoms with Gasteiger partial charge < -0.3 is 4.74 Å². The van der Waals surface area contributed by atoms with Gasteiger partial charge in [0.05, 0.1) is 0 Å². The second-order valence-electron chi connectivity index (χ2n) is 2.84. The van der Waals surface area contributed by atoms with Crippen molar-refractivity contribution in [1.82, 2.24) is 0 Å². The topological polar surface area (TPSA) is 9.23 Å². The first-order chi connectivity index (χ1) is 6.89. The lowest BCUT2D eigenvalue weighted by Gasteiger charge is -2.11. The standard InChI is InChI=1S/C10H8BrF3O/c1-7(10(12,13)14)15-6-8-2-4-9(11)5-3-8/h2-5H,1,6H2. The van der Waals surface area contributed by atoms with Crippen molar-refractivity contribution in [2.24, 2.45) is 0 Å². The van der Waals surface area contributed by atoms with Crippen LogP contribution in [-0.2, 0) is 11.3 Å². The molecule has 0 spiro atoms. The minimum atomic E-state index is -4.49. The fourth-order valence-electron chi connectivity index (χ4n) is 0.833. The molecule has 1 aromatic carbocycles. The van der Waals surface area contributed by atoms with E-state index in [1.807, 2.05) is 0 Å². The fraction of sp³-hybridized carbons (Fsp3) is 0.200. The summed E-state index contributed by atoms with van der Waals surface area (Å²) < 4.78 is 41.3. The minimum Gasteiger partial charge on any atom is -0.485 e. The molecule has 0 atom stereocenters. The summed E-state index contributed by atoms with van der Waals surface area (Å²) in [4.78, 5) is 0. The first-order valence-electron chi connectivity index (χ1n) is 4.03. The molecule has 0 aliphatic heterocycles. The summed E-state index contributed by atoms with van der Waals surface area (Å²) in [6, 6.07) is 6.81. The van der Waals surface area contributed by atoms with E-state index in [0.717, 1.165) is 4.47 Å². The van der Waals surface area contributed by atoms with Gasteiger partial charge >= 0.3 is 6.18 Å². The van der Waals surface area contributed by atoms with Crippen LogP contribution in [0.1, 0.15) is 5.56 Å². The van der Waals surface area contributed by atoms with Crippen molar-refractivity contribution in [3.8, 4) is 0 Å². The predicted octanol–water partition coefficient (Wildman–Crippen LogP) is 4.04. The Hall–Kier alpha value is -0.970. The minimum absolute atomic E-state index is 0.133. The molecule has 15 heavy (non-hydrogen) atoms. The molecular formula is C10H8BrF3O. The molecular weight excluding hydrogens is 273 g/mol. The number of halogens is 4. The van der Waals surface area contributed by atoms with E-state index in [1.165, 1.54) is 0 Å². The number of alkyl halides is 3. The number of ether oxygens (including phenoxy) is 1. The van der Waals surface area contributed by atoms with Gasteiger partial charge in [-0.3, -0.25) is 0 Å². The summed E-state index contributed by atoms with van der Waals surface area (Å²) in [5, 5.41) is 0. The molecule has 1 rings (SSSR count). The molecule has 0 amide bonds. The average molecular weight is 281 g/mol. The van der Waals surface area contributed by atoms with E-state index in [9.17, 15) is 13.2 Å². The maximum absolute atomic E-state index is 12.0. The molecule has 0 aliphatic carbocycles. The monoisotopic (exact) mass is 280 g/mol. The van der Waals surface area contributed by atoms with Gasteiger partial charge in [-0.15, -0.1) is 0 Å². The second-order valence-corrected chi connectivity index (χ2v) is 3.75.